The number of nitrogens with one attached hydrogen (secondary N) is 2. The molecule has 3 rings (SSSR count). The highest BCUT2D eigenvalue weighted by Gasteiger charge is 2.46. The summed E-state index contributed by atoms with van der Waals surface area (Å²) >= 11 is 0. The van der Waals surface area contributed by atoms with Crippen LogP contribution in [0.1, 0.15) is 31.9 Å². The average molecular weight is 427 g/mol. The third kappa shape index (κ3) is 4.10. The van der Waals surface area contributed by atoms with Gasteiger partial charge in [-0.25, -0.2) is 0 Å². The predicted octanol–water partition coefficient (Wildman–Crippen LogP) is 2.18. The molecule has 2 aromatic carbocycles. The molecule has 0 fully saturated rings. The lowest BCUT2D eigenvalue weighted by Crippen LogP contribution is -3.13. The molecule has 166 valence electrons. The van der Waals surface area contributed by atoms with Gasteiger partial charge in [0.1, 0.15) is 12.1 Å². The van der Waals surface area contributed by atoms with Gasteiger partial charge in [-0.3, -0.25) is 14.5 Å². The molecule has 1 aliphatic heterocycles. The monoisotopic (exact) mass is 426 g/mol. The number of likely N-dealkylation sites (N-methyl/N-ethyl adjacent to an activating group) is 1. The lowest BCUT2D eigenvalue weighted by atomic mass is 9.95. The van der Waals surface area contributed by atoms with E-state index in [0.717, 1.165) is 21.7 Å². The number of ether oxygens (including phenoxy) is 2. The van der Waals surface area contributed by atoms with Gasteiger partial charge in [-0.1, -0.05) is 12.1 Å². The SMILES string of the molecule is COc1cc(C)c(C[NH+](C)[C@H](C)C(=O)N2c3ccccc3NC(=O)C2(C)C)cc1OC. The number of methoxy groups -OCH3 is 2. The maximum absolute atomic E-state index is 13.6. The van der Waals surface area contributed by atoms with E-state index < -0.39 is 5.54 Å². The molecule has 0 spiro atoms. The number of hydrogen-bond acceptors (Lipinski definition) is 4. The van der Waals surface area contributed by atoms with Gasteiger partial charge in [-0.15, -0.1) is 0 Å². The van der Waals surface area contributed by atoms with Crippen LogP contribution in [0.5, 0.6) is 11.5 Å². The van der Waals surface area contributed by atoms with Gasteiger partial charge >= 0.3 is 0 Å². The van der Waals surface area contributed by atoms with Gasteiger partial charge in [0.05, 0.1) is 32.6 Å². The number of fused-ring (bicyclic) bond motifs is 1. The summed E-state index contributed by atoms with van der Waals surface area (Å²) in [5, 5.41) is 2.91. The Kier molecular flexibility index (Phi) is 6.27. The first-order valence-corrected chi connectivity index (χ1v) is 10.4. The molecule has 0 aromatic heterocycles. The largest absolute Gasteiger partial charge is 0.493 e. The molecule has 0 aliphatic carbocycles. The van der Waals surface area contributed by atoms with Gasteiger partial charge in [0.25, 0.3) is 5.91 Å². The molecule has 0 bridgehead atoms. The molecule has 2 atom stereocenters. The van der Waals surface area contributed by atoms with Crippen molar-refractivity contribution in [1.82, 2.24) is 0 Å². The minimum atomic E-state index is -0.987. The first-order chi connectivity index (χ1) is 14.6. The van der Waals surface area contributed by atoms with E-state index in [0.29, 0.717) is 23.7 Å². The summed E-state index contributed by atoms with van der Waals surface area (Å²) in [7, 11) is 5.21. The summed E-state index contributed by atoms with van der Waals surface area (Å²) in [5.41, 5.74) is 2.53. The number of para-hydroxylation sites is 2. The zero-order valence-corrected chi connectivity index (χ0v) is 19.3. The number of carbonyl (C=O) groups excluding carboxylic acids is 2. The fourth-order valence-electron chi connectivity index (χ4n) is 3.92. The molecule has 1 heterocycles. The maximum atomic E-state index is 13.6. The highest BCUT2D eigenvalue weighted by atomic mass is 16.5. The fourth-order valence-corrected chi connectivity index (χ4v) is 3.92. The van der Waals surface area contributed by atoms with E-state index >= 15 is 0 Å². The van der Waals surface area contributed by atoms with Crippen LogP contribution < -0.4 is 24.6 Å². The third-order valence-electron chi connectivity index (χ3n) is 6.15. The molecule has 1 aliphatic rings. The number of hydrogen-bond donors (Lipinski definition) is 2. The van der Waals surface area contributed by atoms with Crippen molar-refractivity contribution < 1.29 is 24.0 Å². The number of quaternary nitrogens is 1. The summed E-state index contributed by atoms with van der Waals surface area (Å²) < 4.78 is 10.8. The molecule has 0 radical (unpaired) electrons. The van der Waals surface area contributed by atoms with Crippen LogP contribution in [-0.4, -0.2) is 44.7 Å². The van der Waals surface area contributed by atoms with Crippen LogP contribution in [0.4, 0.5) is 11.4 Å². The van der Waals surface area contributed by atoms with E-state index in [-0.39, 0.29) is 17.9 Å². The van der Waals surface area contributed by atoms with Crippen LogP contribution in [0.3, 0.4) is 0 Å². The molecule has 2 amide bonds. The Hall–Kier alpha value is -3.06. The number of aryl methyl sites for hydroxylation is 1. The second-order valence-corrected chi connectivity index (χ2v) is 8.58. The van der Waals surface area contributed by atoms with Gasteiger partial charge in [0, 0.05) is 5.56 Å². The van der Waals surface area contributed by atoms with E-state index in [1.54, 1.807) is 33.0 Å². The lowest BCUT2D eigenvalue weighted by Gasteiger charge is -2.43. The minimum Gasteiger partial charge on any atom is -0.493 e. The highest BCUT2D eigenvalue weighted by molar-refractivity contribution is 6.14. The number of anilines is 2. The molecule has 2 aromatic rings. The smallest absolute Gasteiger partial charge is 0.285 e. The third-order valence-corrected chi connectivity index (χ3v) is 6.15. The summed E-state index contributed by atoms with van der Waals surface area (Å²) in [6.45, 7) is 8.10. The average Bonchev–Trinajstić information content (AvgIpc) is 2.74. The quantitative estimate of drug-likeness (QED) is 0.743. The van der Waals surface area contributed by atoms with Crippen molar-refractivity contribution in [3.05, 3.63) is 47.5 Å². The molecular weight excluding hydrogens is 394 g/mol. The Labute approximate surface area is 183 Å². The van der Waals surface area contributed by atoms with Gasteiger partial charge in [-0.2, -0.15) is 0 Å². The van der Waals surface area contributed by atoms with Crippen LogP contribution in [0, 0.1) is 6.92 Å². The Morgan fingerprint density at radius 3 is 2.42 bits per heavy atom. The van der Waals surface area contributed by atoms with E-state index in [1.807, 2.05) is 57.3 Å². The first kappa shape index (κ1) is 22.6. The van der Waals surface area contributed by atoms with Crippen molar-refractivity contribution in [2.24, 2.45) is 0 Å². The fraction of sp³-hybridized carbons (Fsp3) is 0.417. The molecular formula is C24H32N3O4+. The summed E-state index contributed by atoms with van der Waals surface area (Å²) in [5.74, 6) is 1.06. The second kappa shape index (κ2) is 8.59. The number of carbonyl (C=O) groups is 2. The van der Waals surface area contributed by atoms with Crippen LogP contribution in [0.25, 0.3) is 0 Å². The lowest BCUT2D eigenvalue weighted by molar-refractivity contribution is -0.908. The minimum absolute atomic E-state index is 0.0945. The topological polar surface area (TPSA) is 72.3 Å². The summed E-state index contributed by atoms with van der Waals surface area (Å²) in [4.78, 5) is 29.0. The van der Waals surface area contributed by atoms with Crippen LogP contribution in [0.2, 0.25) is 0 Å². The van der Waals surface area contributed by atoms with Gasteiger partial charge in [0.2, 0.25) is 5.91 Å². The number of benzene rings is 2. The molecule has 1 unspecified atom stereocenters. The van der Waals surface area contributed by atoms with Gasteiger partial charge in [0.15, 0.2) is 17.5 Å². The van der Waals surface area contributed by atoms with Crippen LogP contribution in [0.15, 0.2) is 36.4 Å². The van der Waals surface area contributed by atoms with Crippen molar-refractivity contribution in [2.75, 3.05) is 31.5 Å². The Bertz CT molecular complexity index is 1000. The standard InChI is InChI=1S/C24H31N3O4/c1-15-12-20(30-6)21(31-7)13-17(15)14-26(5)16(2)22(28)27-19-11-9-8-10-18(19)25-23(29)24(27,3)4/h8-13,16H,14H2,1-7H3,(H,25,29)/p+1/t16-/m1/s1. The zero-order chi connectivity index (χ0) is 22.9. The Balaban J connectivity index is 1.88. The van der Waals surface area contributed by atoms with Crippen molar-refractivity contribution in [3.63, 3.8) is 0 Å². The van der Waals surface area contributed by atoms with E-state index in [2.05, 4.69) is 5.32 Å². The summed E-state index contributed by atoms with van der Waals surface area (Å²) in [6.07, 6.45) is 0. The molecule has 31 heavy (non-hydrogen) atoms. The number of amides is 2. The molecule has 0 saturated heterocycles. The molecule has 7 heteroatoms. The predicted molar refractivity (Wildman–Crippen MR) is 121 cm³/mol. The zero-order valence-electron chi connectivity index (χ0n) is 19.3. The van der Waals surface area contributed by atoms with Gasteiger partial charge < -0.3 is 19.7 Å². The highest BCUT2D eigenvalue weighted by Crippen LogP contribution is 2.37. The molecule has 0 saturated carbocycles. The number of nitrogens with zero attached hydrogens (tertiary/aromatic N) is 1. The van der Waals surface area contributed by atoms with Gasteiger partial charge in [-0.05, 0) is 57.5 Å². The van der Waals surface area contributed by atoms with Crippen molar-refractivity contribution in [1.29, 1.82) is 0 Å². The first-order valence-electron chi connectivity index (χ1n) is 10.4. The van der Waals surface area contributed by atoms with E-state index in [9.17, 15) is 9.59 Å². The Morgan fingerprint density at radius 2 is 1.77 bits per heavy atom. The maximum Gasteiger partial charge on any atom is 0.285 e. The van der Waals surface area contributed by atoms with Crippen LogP contribution >= 0.6 is 0 Å². The molecule has 2 N–H and O–H groups in total. The van der Waals surface area contributed by atoms with Crippen molar-refractivity contribution in [2.45, 2.75) is 45.8 Å². The van der Waals surface area contributed by atoms with E-state index in [4.69, 9.17) is 9.47 Å². The van der Waals surface area contributed by atoms with E-state index in [1.165, 1.54) is 0 Å². The molecule has 7 nitrogen and oxygen atoms in total. The Morgan fingerprint density at radius 1 is 1.16 bits per heavy atom. The van der Waals surface area contributed by atoms with Crippen LogP contribution in [-0.2, 0) is 16.1 Å². The second-order valence-electron chi connectivity index (χ2n) is 8.58. The summed E-state index contributed by atoms with van der Waals surface area (Å²) in [6, 6.07) is 10.9. The normalized spacial score (nSPS) is 16.7. The number of rotatable bonds is 6. The van der Waals surface area contributed by atoms with Crippen molar-refractivity contribution in [3.8, 4) is 11.5 Å². The van der Waals surface area contributed by atoms with Crippen molar-refractivity contribution >= 4 is 23.2 Å².